The first-order valence-electron chi connectivity index (χ1n) is 10.8. The van der Waals surface area contributed by atoms with Crippen LogP contribution in [0.2, 0.25) is 0 Å². The molecule has 0 aromatic heterocycles. The number of hydrogen-bond donors (Lipinski definition) is 2. The van der Waals surface area contributed by atoms with Crippen LogP contribution in [0.5, 0.6) is 0 Å². The Labute approximate surface area is 173 Å². The van der Waals surface area contributed by atoms with Gasteiger partial charge in [0.25, 0.3) is 0 Å². The number of alkyl carbamates (subject to hydrolysis) is 1. The molecule has 160 valence electrons. The molecule has 0 aliphatic rings. The van der Waals surface area contributed by atoms with Crippen molar-refractivity contribution >= 4 is 6.09 Å². The Kier molecular flexibility index (Phi) is 12.7. The van der Waals surface area contributed by atoms with Crippen molar-refractivity contribution in [2.75, 3.05) is 0 Å². The van der Waals surface area contributed by atoms with Gasteiger partial charge in [0.1, 0.15) is 5.60 Å². The van der Waals surface area contributed by atoms with Crippen LogP contribution in [0.3, 0.4) is 0 Å². The molecule has 0 aliphatic heterocycles. The number of amides is 1. The fourth-order valence-electron chi connectivity index (χ4n) is 2.58. The Balaban J connectivity index is 5.58. The lowest BCUT2D eigenvalue weighted by Crippen LogP contribution is -2.53. The molecule has 4 nitrogen and oxygen atoms in total. The molecule has 0 aromatic carbocycles. The minimum absolute atomic E-state index is 0.255. The molecule has 2 atom stereocenters. The van der Waals surface area contributed by atoms with E-state index in [0.717, 1.165) is 32.1 Å². The fourth-order valence-corrected chi connectivity index (χ4v) is 2.58. The monoisotopic (exact) mass is 391 g/mol. The van der Waals surface area contributed by atoms with Crippen LogP contribution < -0.4 is 5.32 Å². The van der Waals surface area contributed by atoms with Gasteiger partial charge in [-0.25, -0.2) is 4.79 Å². The second-order valence-electron chi connectivity index (χ2n) is 8.76. The van der Waals surface area contributed by atoms with Gasteiger partial charge in [-0.1, -0.05) is 70.6 Å². The van der Waals surface area contributed by atoms with Gasteiger partial charge in [-0.2, -0.15) is 0 Å². The predicted molar refractivity (Wildman–Crippen MR) is 117 cm³/mol. The smallest absolute Gasteiger partial charge is 0.408 e. The summed E-state index contributed by atoms with van der Waals surface area (Å²) in [6.45, 7) is 13.8. The summed E-state index contributed by atoms with van der Waals surface area (Å²) in [5.74, 6) is 12.3. The quantitative estimate of drug-likeness (QED) is 0.407. The van der Waals surface area contributed by atoms with Gasteiger partial charge < -0.3 is 15.2 Å². The zero-order chi connectivity index (χ0) is 21.6. The molecular formula is C24H41NO3. The Hall–Kier alpha value is -1.65. The molecular weight excluding hydrogens is 350 g/mol. The average Bonchev–Trinajstić information content (AvgIpc) is 2.56. The lowest BCUT2D eigenvalue weighted by atomic mass is 9.88. The van der Waals surface area contributed by atoms with Gasteiger partial charge in [-0.05, 0) is 46.0 Å². The topological polar surface area (TPSA) is 58.6 Å². The van der Waals surface area contributed by atoms with Crippen molar-refractivity contribution in [3.05, 3.63) is 0 Å². The third kappa shape index (κ3) is 12.7. The number of carbonyl (C=O) groups is 1. The number of nitrogens with one attached hydrogen (secondary N) is 1. The van der Waals surface area contributed by atoms with Crippen molar-refractivity contribution in [3.8, 4) is 23.7 Å². The molecule has 0 rings (SSSR count). The Morgan fingerprint density at radius 3 is 2.00 bits per heavy atom. The van der Waals surface area contributed by atoms with Crippen LogP contribution in [0.1, 0.15) is 99.8 Å². The number of carbonyl (C=O) groups excluding carboxylic acids is 1. The van der Waals surface area contributed by atoms with Gasteiger partial charge >= 0.3 is 6.09 Å². The molecule has 0 fully saturated rings. The maximum absolute atomic E-state index is 12.3. The van der Waals surface area contributed by atoms with E-state index in [4.69, 9.17) is 4.74 Å². The van der Waals surface area contributed by atoms with Crippen LogP contribution in [0.15, 0.2) is 0 Å². The van der Waals surface area contributed by atoms with E-state index in [2.05, 4.69) is 42.8 Å². The van der Waals surface area contributed by atoms with E-state index in [-0.39, 0.29) is 5.92 Å². The zero-order valence-corrected chi connectivity index (χ0v) is 19.1. The standard InChI is InChI=1S/C24H41NO3/c1-8-10-12-14-16-18-24(27,17-15-13-11-9-2)21(19-20(3)4)25-22(26)28-23(5,6)7/h20-21,27H,8-14,19H2,1-7H3,(H,25,26)/t21-,24?/m0/s1. The molecule has 2 N–H and O–H groups in total. The molecule has 0 saturated carbocycles. The van der Waals surface area contributed by atoms with Gasteiger partial charge in [0.2, 0.25) is 5.60 Å². The van der Waals surface area contributed by atoms with Gasteiger partial charge in [0.05, 0.1) is 6.04 Å². The first kappa shape index (κ1) is 26.4. The zero-order valence-electron chi connectivity index (χ0n) is 19.1. The van der Waals surface area contributed by atoms with Crippen LogP contribution in [0, 0.1) is 29.6 Å². The van der Waals surface area contributed by atoms with E-state index < -0.39 is 23.3 Å². The average molecular weight is 392 g/mol. The van der Waals surface area contributed by atoms with Gasteiger partial charge in [0, 0.05) is 12.8 Å². The first-order valence-corrected chi connectivity index (χ1v) is 10.8. The summed E-state index contributed by atoms with van der Waals surface area (Å²) in [6, 6.07) is -0.616. The van der Waals surface area contributed by atoms with E-state index in [1.165, 1.54) is 0 Å². The van der Waals surface area contributed by atoms with E-state index in [9.17, 15) is 9.90 Å². The maximum atomic E-state index is 12.3. The number of hydrogen-bond acceptors (Lipinski definition) is 3. The van der Waals surface area contributed by atoms with Crippen LogP contribution >= 0.6 is 0 Å². The minimum atomic E-state index is -1.58. The second-order valence-corrected chi connectivity index (χ2v) is 8.76. The maximum Gasteiger partial charge on any atom is 0.408 e. The third-order valence-electron chi connectivity index (χ3n) is 4.02. The highest BCUT2D eigenvalue weighted by atomic mass is 16.6. The largest absolute Gasteiger partial charge is 0.444 e. The number of unbranched alkanes of at least 4 members (excludes halogenated alkanes) is 5. The van der Waals surface area contributed by atoms with Gasteiger partial charge in [0.15, 0.2) is 0 Å². The van der Waals surface area contributed by atoms with E-state index in [1.807, 2.05) is 34.6 Å². The van der Waals surface area contributed by atoms with Crippen molar-refractivity contribution in [2.24, 2.45) is 5.92 Å². The summed E-state index contributed by atoms with van der Waals surface area (Å²) in [5, 5.41) is 14.1. The molecule has 4 heteroatoms. The van der Waals surface area contributed by atoms with E-state index in [0.29, 0.717) is 19.3 Å². The number of rotatable bonds is 9. The molecule has 0 bridgehead atoms. The van der Waals surface area contributed by atoms with Gasteiger partial charge in [-0.15, -0.1) is 0 Å². The molecule has 0 aliphatic carbocycles. The molecule has 0 heterocycles. The molecule has 0 spiro atoms. The summed E-state index contributed by atoms with van der Waals surface area (Å²) in [7, 11) is 0. The van der Waals surface area contributed by atoms with Crippen LogP contribution in [-0.2, 0) is 4.74 Å². The first-order chi connectivity index (χ1) is 13.0. The predicted octanol–water partition coefficient (Wildman–Crippen LogP) is 5.43. The summed E-state index contributed by atoms with van der Waals surface area (Å²) in [4.78, 5) is 12.3. The summed E-state index contributed by atoms with van der Waals surface area (Å²) in [6.07, 6.45) is 6.67. The van der Waals surface area contributed by atoms with Crippen molar-refractivity contribution in [2.45, 2.75) is 117 Å². The molecule has 1 amide bonds. The fraction of sp³-hybridized carbons (Fsp3) is 0.792. The Morgan fingerprint density at radius 2 is 1.54 bits per heavy atom. The summed E-state index contributed by atoms with van der Waals surface area (Å²) >= 11 is 0. The highest BCUT2D eigenvalue weighted by Gasteiger charge is 2.36. The SMILES string of the molecule is CCCCC#CC(O)(C#CCCCCC)[C@H](CC(C)C)NC(=O)OC(C)(C)C. The molecule has 0 radical (unpaired) electrons. The van der Waals surface area contributed by atoms with Gasteiger partial charge in [-0.3, -0.25) is 0 Å². The second kappa shape index (κ2) is 13.5. The highest BCUT2D eigenvalue weighted by molar-refractivity contribution is 5.68. The molecule has 28 heavy (non-hydrogen) atoms. The third-order valence-corrected chi connectivity index (χ3v) is 4.02. The van der Waals surface area contributed by atoms with Crippen LogP contribution in [-0.4, -0.2) is 28.4 Å². The Morgan fingerprint density at radius 1 is 1.00 bits per heavy atom. The lowest BCUT2D eigenvalue weighted by molar-refractivity contribution is 0.0381. The van der Waals surface area contributed by atoms with Crippen molar-refractivity contribution in [1.29, 1.82) is 0 Å². The number of aliphatic hydroxyl groups is 1. The van der Waals surface area contributed by atoms with E-state index in [1.54, 1.807) is 0 Å². The number of ether oxygens (including phenoxy) is 1. The molecule has 1 unspecified atom stereocenters. The van der Waals surface area contributed by atoms with Crippen molar-refractivity contribution < 1.29 is 14.6 Å². The lowest BCUT2D eigenvalue weighted by Gasteiger charge is -2.31. The van der Waals surface area contributed by atoms with Crippen LogP contribution in [0.25, 0.3) is 0 Å². The normalized spacial score (nSPS) is 14.2. The molecule has 0 aromatic rings. The summed E-state index contributed by atoms with van der Waals surface area (Å²) < 4.78 is 5.39. The van der Waals surface area contributed by atoms with E-state index >= 15 is 0 Å². The Bertz CT molecular complexity index is 569. The molecule has 0 saturated heterocycles. The van der Waals surface area contributed by atoms with Crippen molar-refractivity contribution in [1.82, 2.24) is 5.32 Å². The highest BCUT2D eigenvalue weighted by Crippen LogP contribution is 2.19. The minimum Gasteiger partial charge on any atom is -0.444 e. The summed E-state index contributed by atoms with van der Waals surface area (Å²) in [5.41, 5.74) is -2.19. The van der Waals surface area contributed by atoms with Crippen LogP contribution in [0.4, 0.5) is 4.79 Å². The van der Waals surface area contributed by atoms with Crippen molar-refractivity contribution in [3.63, 3.8) is 0 Å².